The molecule has 1 aliphatic heterocycles. The van der Waals surface area contributed by atoms with Gasteiger partial charge in [0.05, 0.1) is 24.7 Å². The molecule has 0 atom stereocenters. The van der Waals surface area contributed by atoms with E-state index < -0.39 is 0 Å². The molecule has 1 saturated heterocycles. The molecule has 2 amide bonds. The fraction of sp³-hybridized carbons (Fsp3) is 0.857. The van der Waals surface area contributed by atoms with Crippen LogP contribution in [0, 0.1) is 0 Å². The summed E-state index contributed by atoms with van der Waals surface area (Å²) in [4.78, 5) is 25.5. The minimum absolute atomic E-state index is 0.0664. The molecule has 0 unspecified atom stereocenters. The first-order chi connectivity index (χ1) is 9.75. The molecule has 2 fully saturated rings. The van der Waals surface area contributed by atoms with E-state index in [0.29, 0.717) is 43.9 Å². The standard InChI is InChI=1S/C14H24N2O3S/c17-13(15-12-4-2-1-3-5-12)10-20-11-14(18)16-6-8-19-9-7-16/h12H,1-11H2,(H,15,17). The molecular weight excluding hydrogens is 276 g/mol. The van der Waals surface area contributed by atoms with Gasteiger partial charge in [-0.25, -0.2) is 0 Å². The Morgan fingerprint density at radius 1 is 1.10 bits per heavy atom. The van der Waals surface area contributed by atoms with Crippen LogP contribution in [0.25, 0.3) is 0 Å². The SMILES string of the molecule is O=C(CSCC(=O)N1CCOCC1)NC1CCCCC1. The average Bonchev–Trinajstić information content (AvgIpc) is 2.49. The summed E-state index contributed by atoms with van der Waals surface area (Å²) < 4.78 is 5.21. The van der Waals surface area contributed by atoms with Gasteiger partial charge in [-0.1, -0.05) is 19.3 Å². The van der Waals surface area contributed by atoms with Gasteiger partial charge in [-0.2, -0.15) is 0 Å². The van der Waals surface area contributed by atoms with Gasteiger partial charge >= 0.3 is 0 Å². The van der Waals surface area contributed by atoms with E-state index in [0.717, 1.165) is 12.8 Å². The van der Waals surface area contributed by atoms with E-state index in [1.54, 1.807) is 0 Å². The Hall–Kier alpha value is -0.750. The first-order valence-corrected chi connectivity index (χ1v) is 8.64. The Labute approximate surface area is 124 Å². The van der Waals surface area contributed by atoms with Gasteiger partial charge in [-0.05, 0) is 12.8 Å². The Kier molecular flexibility index (Phi) is 6.66. The van der Waals surface area contributed by atoms with E-state index in [9.17, 15) is 9.59 Å². The van der Waals surface area contributed by atoms with Crippen LogP contribution in [0.4, 0.5) is 0 Å². The summed E-state index contributed by atoms with van der Waals surface area (Å²) in [6, 6.07) is 0.354. The molecule has 0 spiro atoms. The van der Waals surface area contributed by atoms with Crippen molar-refractivity contribution in [3.8, 4) is 0 Å². The van der Waals surface area contributed by atoms with Crippen LogP contribution in [-0.2, 0) is 14.3 Å². The van der Waals surface area contributed by atoms with Crippen LogP contribution in [0.5, 0.6) is 0 Å². The van der Waals surface area contributed by atoms with E-state index in [1.165, 1.54) is 31.0 Å². The number of nitrogens with zero attached hydrogens (tertiary/aromatic N) is 1. The van der Waals surface area contributed by atoms with Gasteiger partial charge in [0, 0.05) is 19.1 Å². The monoisotopic (exact) mass is 300 g/mol. The van der Waals surface area contributed by atoms with Crippen molar-refractivity contribution in [3.05, 3.63) is 0 Å². The molecule has 0 aromatic heterocycles. The number of hydrogen-bond acceptors (Lipinski definition) is 4. The Morgan fingerprint density at radius 3 is 2.50 bits per heavy atom. The zero-order valence-corrected chi connectivity index (χ0v) is 12.8. The molecule has 5 nitrogen and oxygen atoms in total. The van der Waals surface area contributed by atoms with Crippen molar-refractivity contribution in [2.24, 2.45) is 0 Å². The van der Waals surface area contributed by atoms with Crippen LogP contribution >= 0.6 is 11.8 Å². The average molecular weight is 300 g/mol. The Morgan fingerprint density at radius 2 is 1.80 bits per heavy atom. The number of morpholine rings is 1. The van der Waals surface area contributed by atoms with E-state index in [1.807, 2.05) is 4.90 Å². The predicted octanol–water partition coefficient (Wildman–Crippen LogP) is 1.03. The first-order valence-electron chi connectivity index (χ1n) is 7.48. The topological polar surface area (TPSA) is 58.6 Å². The molecule has 6 heteroatoms. The summed E-state index contributed by atoms with van der Waals surface area (Å²) in [5.74, 6) is 0.949. The maximum atomic E-state index is 11.9. The third-order valence-electron chi connectivity index (χ3n) is 3.79. The summed E-state index contributed by atoms with van der Waals surface area (Å²) in [5, 5.41) is 3.07. The van der Waals surface area contributed by atoms with Crippen molar-refractivity contribution >= 4 is 23.6 Å². The maximum absolute atomic E-state index is 11.9. The van der Waals surface area contributed by atoms with E-state index in [-0.39, 0.29) is 11.8 Å². The van der Waals surface area contributed by atoms with Crippen molar-refractivity contribution in [3.63, 3.8) is 0 Å². The Bertz CT molecular complexity index is 326. The molecule has 2 aliphatic rings. The second-order valence-corrected chi connectivity index (χ2v) is 6.37. The van der Waals surface area contributed by atoms with Gasteiger partial charge in [0.2, 0.25) is 11.8 Å². The molecule has 1 heterocycles. The van der Waals surface area contributed by atoms with Crippen LogP contribution in [0.1, 0.15) is 32.1 Å². The minimum Gasteiger partial charge on any atom is -0.378 e. The zero-order valence-electron chi connectivity index (χ0n) is 11.9. The summed E-state index contributed by atoms with van der Waals surface area (Å²) in [6.45, 7) is 2.60. The van der Waals surface area contributed by atoms with Gasteiger partial charge in [-0.15, -0.1) is 11.8 Å². The lowest BCUT2D eigenvalue weighted by molar-refractivity contribution is -0.132. The molecule has 2 rings (SSSR count). The van der Waals surface area contributed by atoms with Gasteiger partial charge in [0.15, 0.2) is 0 Å². The normalized spacial score (nSPS) is 20.7. The largest absolute Gasteiger partial charge is 0.378 e. The highest BCUT2D eigenvalue weighted by atomic mass is 32.2. The van der Waals surface area contributed by atoms with E-state index in [4.69, 9.17) is 4.74 Å². The number of nitrogens with one attached hydrogen (secondary N) is 1. The highest BCUT2D eigenvalue weighted by Gasteiger charge is 2.18. The summed E-state index contributed by atoms with van der Waals surface area (Å²) in [5.41, 5.74) is 0. The van der Waals surface area contributed by atoms with E-state index in [2.05, 4.69) is 5.32 Å². The second kappa shape index (κ2) is 8.52. The maximum Gasteiger partial charge on any atom is 0.232 e. The van der Waals surface area contributed by atoms with Gasteiger partial charge in [-0.3, -0.25) is 9.59 Å². The number of rotatable bonds is 5. The van der Waals surface area contributed by atoms with Crippen LogP contribution in [0.3, 0.4) is 0 Å². The molecule has 1 saturated carbocycles. The predicted molar refractivity (Wildman–Crippen MR) is 79.7 cm³/mol. The van der Waals surface area contributed by atoms with Gasteiger partial charge in [0.1, 0.15) is 0 Å². The molecule has 1 N–H and O–H groups in total. The third kappa shape index (κ3) is 5.32. The van der Waals surface area contributed by atoms with Crippen LogP contribution in [0.15, 0.2) is 0 Å². The smallest absolute Gasteiger partial charge is 0.232 e. The number of thioether (sulfide) groups is 1. The van der Waals surface area contributed by atoms with Crippen molar-refractivity contribution in [2.75, 3.05) is 37.8 Å². The number of carbonyl (C=O) groups excluding carboxylic acids is 2. The summed E-state index contributed by atoms with van der Waals surface area (Å²) in [7, 11) is 0. The lowest BCUT2D eigenvalue weighted by atomic mass is 9.95. The lowest BCUT2D eigenvalue weighted by Crippen LogP contribution is -2.42. The molecule has 114 valence electrons. The number of hydrogen-bond donors (Lipinski definition) is 1. The Balaban J connectivity index is 1.57. The van der Waals surface area contributed by atoms with Crippen molar-refractivity contribution in [1.29, 1.82) is 0 Å². The number of carbonyl (C=O) groups is 2. The highest BCUT2D eigenvalue weighted by molar-refractivity contribution is 8.00. The number of ether oxygens (including phenoxy) is 1. The second-order valence-electron chi connectivity index (χ2n) is 5.39. The van der Waals surface area contributed by atoms with Crippen molar-refractivity contribution < 1.29 is 14.3 Å². The molecular formula is C14H24N2O3S. The molecule has 20 heavy (non-hydrogen) atoms. The molecule has 0 bridgehead atoms. The molecule has 0 aromatic rings. The minimum atomic E-state index is 0.0664. The quantitative estimate of drug-likeness (QED) is 0.824. The lowest BCUT2D eigenvalue weighted by Gasteiger charge is -2.26. The van der Waals surface area contributed by atoms with Crippen LogP contribution in [0.2, 0.25) is 0 Å². The molecule has 0 aromatic carbocycles. The summed E-state index contributed by atoms with van der Waals surface area (Å²) in [6.07, 6.45) is 5.92. The number of amides is 2. The van der Waals surface area contributed by atoms with Crippen LogP contribution in [-0.4, -0.2) is 60.6 Å². The highest BCUT2D eigenvalue weighted by Crippen LogP contribution is 2.17. The fourth-order valence-electron chi connectivity index (χ4n) is 2.65. The van der Waals surface area contributed by atoms with Gasteiger partial charge < -0.3 is 15.0 Å². The van der Waals surface area contributed by atoms with Gasteiger partial charge in [0.25, 0.3) is 0 Å². The zero-order chi connectivity index (χ0) is 14.2. The first kappa shape index (κ1) is 15.6. The molecule has 0 radical (unpaired) electrons. The third-order valence-corrected chi connectivity index (χ3v) is 4.71. The molecule has 1 aliphatic carbocycles. The van der Waals surface area contributed by atoms with E-state index >= 15 is 0 Å². The van der Waals surface area contributed by atoms with Crippen molar-refractivity contribution in [1.82, 2.24) is 10.2 Å². The fourth-order valence-corrected chi connectivity index (χ4v) is 3.38. The van der Waals surface area contributed by atoms with Crippen molar-refractivity contribution in [2.45, 2.75) is 38.1 Å². The summed E-state index contributed by atoms with van der Waals surface area (Å²) >= 11 is 1.41. The van der Waals surface area contributed by atoms with Crippen LogP contribution < -0.4 is 5.32 Å².